The molecule has 1 aliphatic rings. The Kier molecular flexibility index (Phi) is 2.77. The second kappa shape index (κ2) is 4.63. The molecule has 3 nitrogen and oxygen atoms in total. The van der Waals surface area contributed by atoms with Crippen LogP contribution in [0.25, 0.3) is 5.65 Å². The van der Waals surface area contributed by atoms with Crippen LogP contribution in [0, 0.1) is 0 Å². The average molecular weight is 328 g/mol. The van der Waals surface area contributed by atoms with E-state index in [1.165, 1.54) is 17.1 Å². The summed E-state index contributed by atoms with van der Waals surface area (Å²) in [6.45, 7) is 1.94. The molecule has 0 aliphatic carbocycles. The Morgan fingerprint density at radius 1 is 1.05 bits per heavy atom. The van der Waals surface area contributed by atoms with E-state index >= 15 is 0 Å². The van der Waals surface area contributed by atoms with E-state index in [9.17, 15) is 0 Å². The first-order valence-corrected chi connectivity index (χ1v) is 7.56. The Balaban J connectivity index is 1.78. The van der Waals surface area contributed by atoms with E-state index in [0.717, 1.165) is 29.6 Å². The summed E-state index contributed by atoms with van der Waals surface area (Å²) in [5.41, 5.74) is 4.85. The predicted octanol–water partition coefficient (Wildman–Crippen LogP) is 3.66. The largest absolute Gasteiger partial charge is 0.365 e. The van der Waals surface area contributed by atoms with Crippen LogP contribution in [0.2, 0.25) is 0 Å². The molecule has 4 rings (SSSR count). The van der Waals surface area contributed by atoms with Crippen LogP contribution in [-0.4, -0.2) is 15.9 Å². The van der Waals surface area contributed by atoms with Crippen LogP contribution in [0.4, 0.5) is 5.69 Å². The molecule has 1 aliphatic heterocycles. The molecule has 2 aromatic heterocycles. The van der Waals surface area contributed by atoms with Crippen LogP contribution < -0.4 is 4.90 Å². The Hall–Kier alpha value is -1.81. The molecule has 1 aromatic carbocycles. The number of rotatable bonds is 1. The van der Waals surface area contributed by atoms with Crippen molar-refractivity contribution in [3.05, 3.63) is 64.5 Å². The molecule has 0 atom stereocenters. The zero-order valence-corrected chi connectivity index (χ0v) is 12.5. The Bertz CT molecular complexity index is 764. The number of anilines is 1. The molecule has 0 fully saturated rings. The van der Waals surface area contributed by atoms with Crippen LogP contribution in [0.15, 0.2) is 53.1 Å². The number of para-hydroxylation sites is 1. The van der Waals surface area contributed by atoms with Gasteiger partial charge in [-0.2, -0.15) is 0 Å². The van der Waals surface area contributed by atoms with Gasteiger partial charge in [0.05, 0.1) is 17.9 Å². The van der Waals surface area contributed by atoms with E-state index in [4.69, 9.17) is 4.98 Å². The van der Waals surface area contributed by atoms with Crippen LogP contribution in [0.3, 0.4) is 0 Å². The lowest BCUT2D eigenvalue weighted by Crippen LogP contribution is -2.30. The van der Waals surface area contributed by atoms with Crippen molar-refractivity contribution in [2.45, 2.75) is 13.0 Å². The number of hydrogen-bond acceptors (Lipinski definition) is 2. The van der Waals surface area contributed by atoms with E-state index < -0.39 is 0 Å². The van der Waals surface area contributed by atoms with Crippen LogP contribution in [0.1, 0.15) is 11.4 Å². The summed E-state index contributed by atoms with van der Waals surface area (Å²) in [4.78, 5) is 7.15. The topological polar surface area (TPSA) is 20.5 Å². The molecular formula is C16H14BrN3. The third-order valence-corrected chi connectivity index (χ3v) is 4.31. The summed E-state index contributed by atoms with van der Waals surface area (Å²) in [5.74, 6) is 0. The van der Waals surface area contributed by atoms with Crippen molar-refractivity contribution in [2.24, 2.45) is 0 Å². The fraction of sp³-hybridized carbons (Fsp3) is 0.188. The number of hydrogen-bond donors (Lipinski definition) is 0. The van der Waals surface area contributed by atoms with Crippen molar-refractivity contribution in [1.29, 1.82) is 0 Å². The lowest BCUT2D eigenvalue weighted by Gasteiger charge is -2.28. The smallest absolute Gasteiger partial charge is 0.137 e. The van der Waals surface area contributed by atoms with Gasteiger partial charge in [-0.25, -0.2) is 4.98 Å². The zero-order valence-electron chi connectivity index (χ0n) is 11.0. The van der Waals surface area contributed by atoms with Gasteiger partial charge in [0.15, 0.2) is 0 Å². The lowest BCUT2D eigenvalue weighted by molar-refractivity contribution is 0.702. The predicted molar refractivity (Wildman–Crippen MR) is 84.1 cm³/mol. The number of fused-ring (bicyclic) bond motifs is 3. The minimum atomic E-state index is 0.914. The number of aromatic nitrogens is 2. The molecule has 0 amide bonds. The zero-order chi connectivity index (χ0) is 13.5. The summed E-state index contributed by atoms with van der Waals surface area (Å²) in [6.07, 6.45) is 3.11. The van der Waals surface area contributed by atoms with Crippen molar-refractivity contribution in [3.63, 3.8) is 0 Å². The third kappa shape index (κ3) is 1.91. The maximum atomic E-state index is 4.74. The van der Waals surface area contributed by atoms with E-state index in [-0.39, 0.29) is 0 Å². The van der Waals surface area contributed by atoms with Gasteiger partial charge in [0, 0.05) is 29.3 Å². The molecule has 0 spiro atoms. The van der Waals surface area contributed by atoms with E-state index in [1.807, 2.05) is 6.07 Å². The normalized spacial score (nSPS) is 14.6. The fourth-order valence-corrected chi connectivity index (χ4v) is 3.18. The van der Waals surface area contributed by atoms with Gasteiger partial charge in [-0.3, -0.25) is 0 Å². The minimum Gasteiger partial charge on any atom is -0.365 e. The number of halogens is 1. The number of nitrogens with zero attached hydrogens (tertiary/aromatic N) is 3. The number of pyridine rings is 1. The molecule has 3 heterocycles. The number of benzene rings is 1. The molecule has 0 saturated carbocycles. The minimum absolute atomic E-state index is 0.914. The Morgan fingerprint density at radius 2 is 1.90 bits per heavy atom. The van der Waals surface area contributed by atoms with Crippen LogP contribution in [-0.2, 0) is 13.0 Å². The molecule has 100 valence electrons. The van der Waals surface area contributed by atoms with Gasteiger partial charge in [-0.15, -0.1) is 0 Å². The molecule has 20 heavy (non-hydrogen) atoms. The highest BCUT2D eigenvalue weighted by atomic mass is 79.9. The molecule has 0 saturated heterocycles. The second-order valence-corrected chi connectivity index (χ2v) is 6.00. The molecular weight excluding hydrogens is 314 g/mol. The summed E-state index contributed by atoms with van der Waals surface area (Å²) in [7, 11) is 0. The van der Waals surface area contributed by atoms with Crippen molar-refractivity contribution >= 4 is 27.3 Å². The summed E-state index contributed by atoms with van der Waals surface area (Å²) in [5, 5.41) is 0. The standard InChI is InChI=1S/C16H14BrN3/c17-12-6-7-16-18-14-8-9-19(11-15(14)20(16)10-12)13-4-2-1-3-5-13/h1-7,10H,8-9,11H2. The second-order valence-electron chi connectivity index (χ2n) is 5.09. The Labute approximate surface area is 126 Å². The maximum Gasteiger partial charge on any atom is 0.137 e. The molecule has 3 aromatic rings. The van der Waals surface area contributed by atoms with Gasteiger partial charge < -0.3 is 9.30 Å². The van der Waals surface area contributed by atoms with Gasteiger partial charge in [0.1, 0.15) is 5.65 Å². The van der Waals surface area contributed by atoms with Crippen molar-refractivity contribution in [1.82, 2.24) is 9.38 Å². The first kappa shape index (κ1) is 12.0. The quantitative estimate of drug-likeness (QED) is 0.680. The summed E-state index contributed by atoms with van der Waals surface area (Å²) >= 11 is 3.54. The van der Waals surface area contributed by atoms with Crippen molar-refractivity contribution in [2.75, 3.05) is 11.4 Å². The van der Waals surface area contributed by atoms with Crippen LogP contribution >= 0.6 is 15.9 Å². The summed E-state index contributed by atoms with van der Waals surface area (Å²) < 4.78 is 3.29. The van der Waals surface area contributed by atoms with Gasteiger partial charge in [0.25, 0.3) is 0 Å². The maximum absolute atomic E-state index is 4.74. The molecule has 0 bridgehead atoms. The van der Waals surface area contributed by atoms with Crippen LogP contribution in [0.5, 0.6) is 0 Å². The monoisotopic (exact) mass is 327 g/mol. The average Bonchev–Trinajstić information content (AvgIpc) is 2.85. The molecule has 0 N–H and O–H groups in total. The highest BCUT2D eigenvalue weighted by molar-refractivity contribution is 9.10. The van der Waals surface area contributed by atoms with Crippen molar-refractivity contribution in [3.8, 4) is 0 Å². The Morgan fingerprint density at radius 3 is 2.75 bits per heavy atom. The first-order valence-electron chi connectivity index (χ1n) is 6.76. The van der Waals surface area contributed by atoms with E-state index in [1.54, 1.807) is 0 Å². The van der Waals surface area contributed by atoms with E-state index in [2.05, 4.69) is 67.8 Å². The van der Waals surface area contributed by atoms with Gasteiger partial charge in [0.2, 0.25) is 0 Å². The molecule has 4 heteroatoms. The molecule has 0 radical (unpaired) electrons. The third-order valence-electron chi connectivity index (χ3n) is 3.84. The summed E-state index contributed by atoms with van der Waals surface area (Å²) in [6, 6.07) is 14.7. The first-order chi connectivity index (χ1) is 9.81. The highest BCUT2D eigenvalue weighted by Gasteiger charge is 2.21. The van der Waals surface area contributed by atoms with E-state index in [0.29, 0.717) is 0 Å². The molecule has 0 unspecified atom stereocenters. The fourth-order valence-electron chi connectivity index (χ4n) is 2.84. The SMILES string of the molecule is Brc1ccc2nc3c(n2c1)CN(c1ccccc1)CC3. The highest BCUT2D eigenvalue weighted by Crippen LogP contribution is 2.26. The van der Waals surface area contributed by atoms with Gasteiger partial charge >= 0.3 is 0 Å². The van der Waals surface area contributed by atoms with Crippen molar-refractivity contribution < 1.29 is 0 Å². The lowest BCUT2D eigenvalue weighted by atomic mass is 10.1. The number of imidazole rings is 1. The van der Waals surface area contributed by atoms with Gasteiger partial charge in [-0.05, 0) is 40.2 Å². The van der Waals surface area contributed by atoms with Gasteiger partial charge in [-0.1, -0.05) is 18.2 Å².